The molecule has 152 valence electrons. The fourth-order valence-electron chi connectivity index (χ4n) is 3.23. The van der Waals surface area contributed by atoms with E-state index in [-0.39, 0.29) is 11.1 Å². The summed E-state index contributed by atoms with van der Waals surface area (Å²) in [4.78, 5) is 26.7. The molecule has 29 heavy (non-hydrogen) atoms. The van der Waals surface area contributed by atoms with Crippen molar-refractivity contribution in [2.45, 2.75) is 43.0 Å². The Labute approximate surface area is 179 Å². The number of nitrogens with one attached hydrogen (secondary N) is 1. The van der Waals surface area contributed by atoms with E-state index in [0.717, 1.165) is 51.1 Å². The predicted octanol–water partition coefficient (Wildman–Crippen LogP) is 2.94. The van der Waals surface area contributed by atoms with E-state index >= 15 is 0 Å². The van der Waals surface area contributed by atoms with E-state index in [0.29, 0.717) is 22.8 Å². The van der Waals surface area contributed by atoms with Crippen LogP contribution < -0.4 is 11.1 Å². The van der Waals surface area contributed by atoms with Gasteiger partial charge in [0, 0.05) is 16.2 Å². The molecule has 0 radical (unpaired) electrons. The number of thioether (sulfide) groups is 1. The Morgan fingerprint density at radius 3 is 2.97 bits per heavy atom. The second-order valence-electron chi connectivity index (χ2n) is 6.64. The van der Waals surface area contributed by atoms with E-state index in [9.17, 15) is 14.8 Å². The van der Waals surface area contributed by atoms with Gasteiger partial charge >= 0.3 is 0 Å². The highest BCUT2D eigenvalue weighted by Crippen LogP contribution is 2.39. The number of rotatable bonds is 7. The highest BCUT2D eigenvalue weighted by molar-refractivity contribution is 8.00. The van der Waals surface area contributed by atoms with Crippen LogP contribution in [0.25, 0.3) is 0 Å². The predicted molar refractivity (Wildman–Crippen MR) is 113 cm³/mol. The molecule has 0 fully saturated rings. The molecule has 0 bridgehead atoms. The summed E-state index contributed by atoms with van der Waals surface area (Å²) in [6, 6.07) is 3.89. The van der Waals surface area contributed by atoms with Gasteiger partial charge in [-0.15, -0.1) is 37.6 Å². The summed E-state index contributed by atoms with van der Waals surface area (Å²) in [5, 5.41) is 23.3. The topological polar surface area (TPSA) is 123 Å². The average Bonchev–Trinajstić information content (AvgIpc) is 3.43. The van der Waals surface area contributed by atoms with Crippen molar-refractivity contribution in [3.8, 4) is 0 Å². The molecular formula is C18H19N5O3S3. The van der Waals surface area contributed by atoms with Crippen LogP contribution in [0.2, 0.25) is 0 Å². The van der Waals surface area contributed by atoms with Gasteiger partial charge in [-0.25, -0.2) is 0 Å². The summed E-state index contributed by atoms with van der Waals surface area (Å²) in [5.74, 6) is -0.401. The molecule has 0 spiro atoms. The molecular weight excluding hydrogens is 430 g/mol. The van der Waals surface area contributed by atoms with E-state index in [4.69, 9.17) is 5.73 Å². The number of nitrogens with two attached hydrogens (primary N) is 1. The van der Waals surface area contributed by atoms with E-state index in [1.807, 2.05) is 17.5 Å². The van der Waals surface area contributed by atoms with Crippen LogP contribution in [0, 0.1) is 0 Å². The van der Waals surface area contributed by atoms with Crippen molar-refractivity contribution in [3.05, 3.63) is 44.2 Å². The van der Waals surface area contributed by atoms with Crippen LogP contribution in [0.4, 0.5) is 5.00 Å². The number of thiophene rings is 2. The molecule has 0 aromatic carbocycles. The van der Waals surface area contributed by atoms with Gasteiger partial charge < -0.3 is 16.3 Å². The molecule has 1 aliphatic rings. The molecule has 8 nitrogen and oxygen atoms in total. The summed E-state index contributed by atoms with van der Waals surface area (Å²) >= 11 is 4.08. The third kappa shape index (κ3) is 4.02. The van der Waals surface area contributed by atoms with Crippen molar-refractivity contribution in [2.24, 2.45) is 5.73 Å². The number of hydrogen-bond donors (Lipinski definition) is 3. The van der Waals surface area contributed by atoms with E-state index in [1.165, 1.54) is 11.3 Å². The summed E-state index contributed by atoms with van der Waals surface area (Å²) in [5.41, 5.74) is 6.93. The fraction of sp³-hybridized carbons (Fsp3) is 0.333. The molecule has 3 aromatic rings. The van der Waals surface area contributed by atoms with Crippen LogP contribution in [0.1, 0.15) is 44.8 Å². The second kappa shape index (κ2) is 8.17. The van der Waals surface area contributed by atoms with Crippen molar-refractivity contribution < 1.29 is 14.8 Å². The van der Waals surface area contributed by atoms with Gasteiger partial charge in [-0.1, -0.05) is 17.8 Å². The number of aryl methyl sites for hydroxylation is 1. The molecule has 3 aromatic heterocycles. The third-order valence-corrected chi connectivity index (χ3v) is 7.76. The fourth-order valence-corrected chi connectivity index (χ4v) is 6.00. The van der Waals surface area contributed by atoms with E-state index in [1.54, 1.807) is 18.3 Å². The Morgan fingerprint density at radius 1 is 1.41 bits per heavy atom. The molecule has 1 aliphatic carbocycles. The quantitative estimate of drug-likeness (QED) is 0.376. The lowest BCUT2D eigenvalue weighted by Crippen LogP contribution is -2.24. The van der Waals surface area contributed by atoms with Crippen molar-refractivity contribution in [3.63, 3.8) is 0 Å². The van der Waals surface area contributed by atoms with Gasteiger partial charge in [-0.05, 0) is 43.2 Å². The zero-order valence-electron chi connectivity index (χ0n) is 15.5. The summed E-state index contributed by atoms with van der Waals surface area (Å²) in [6.45, 7) is 1.71. The molecule has 3 heterocycles. The number of fused-ring (bicyclic) bond motifs is 1. The molecule has 1 atom stereocenters. The van der Waals surface area contributed by atoms with Gasteiger partial charge in [0.1, 0.15) is 5.00 Å². The number of anilines is 1. The van der Waals surface area contributed by atoms with Gasteiger partial charge in [-0.3, -0.25) is 9.59 Å². The number of nitrogens with zero attached hydrogens (tertiary/aromatic N) is 3. The van der Waals surface area contributed by atoms with Crippen LogP contribution in [-0.4, -0.2) is 37.2 Å². The van der Waals surface area contributed by atoms with E-state index in [2.05, 4.69) is 15.5 Å². The largest absolute Gasteiger partial charge is 0.425 e. The second-order valence-corrected chi connectivity index (χ2v) is 10.1. The van der Waals surface area contributed by atoms with Crippen LogP contribution in [-0.2, 0) is 24.1 Å². The van der Waals surface area contributed by atoms with Crippen molar-refractivity contribution in [1.82, 2.24) is 14.9 Å². The number of aromatic nitrogens is 3. The Hall–Kier alpha value is -2.37. The zero-order valence-corrected chi connectivity index (χ0v) is 18.0. The molecule has 4 rings (SSSR count). The summed E-state index contributed by atoms with van der Waals surface area (Å²) in [7, 11) is 0. The average molecular weight is 450 g/mol. The maximum absolute atomic E-state index is 12.7. The van der Waals surface area contributed by atoms with Gasteiger partial charge in [0.15, 0.2) is 5.82 Å². The minimum absolute atomic E-state index is 0.239. The van der Waals surface area contributed by atoms with Crippen LogP contribution in [0.15, 0.2) is 22.7 Å². The Kier molecular flexibility index (Phi) is 5.61. The van der Waals surface area contributed by atoms with Gasteiger partial charge in [0.25, 0.3) is 5.91 Å². The minimum atomic E-state index is -0.558. The van der Waals surface area contributed by atoms with Gasteiger partial charge in [0.05, 0.1) is 10.8 Å². The molecule has 0 saturated carbocycles. The number of primary amides is 1. The lowest BCUT2D eigenvalue weighted by atomic mass is 10.1. The van der Waals surface area contributed by atoms with Crippen molar-refractivity contribution in [2.75, 3.05) is 5.32 Å². The first-order valence-corrected chi connectivity index (χ1v) is 11.6. The Morgan fingerprint density at radius 2 is 2.24 bits per heavy atom. The number of carbonyl (C=O) groups excluding carboxylic acids is 2. The maximum atomic E-state index is 12.7. The first-order chi connectivity index (χ1) is 13.9. The SMILES string of the molecule is CC(Sc1nnc(Cc2cccs2)n1O)C(=O)Nc1sc2c(c1C(N)=O)CCC2. The number of hydrogen-bond acceptors (Lipinski definition) is 8. The number of carbonyl (C=O) groups is 2. The molecule has 4 N–H and O–H groups in total. The first-order valence-electron chi connectivity index (χ1n) is 9.01. The monoisotopic (exact) mass is 449 g/mol. The van der Waals surface area contributed by atoms with E-state index < -0.39 is 11.2 Å². The number of amides is 2. The lowest BCUT2D eigenvalue weighted by Gasteiger charge is -2.11. The summed E-state index contributed by atoms with van der Waals surface area (Å²) < 4.78 is 0.919. The lowest BCUT2D eigenvalue weighted by molar-refractivity contribution is -0.115. The summed E-state index contributed by atoms with van der Waals surface area (Å²) in [6.07, 6.45) is 3.18. The van der Waals surface area contributed by atoms with Gasteiger partial charge in [0.2, 0.25) is 11.1 Å². The normalized spacial score (nSPS) is 14.0. The molecule has 1 unspecified atom stereocenters. The molecule has 2 amide bonds. The molecule has 0 saturated heterocycles. The van der Waals surface area contributed by atoms with Crippen molar-refractivity contribution in [1.29, 1.82) is 0 Å². The highest BCUT2D eigenvalue weighted by atomic mass is 32.2. The Bertz CT molecular complexity index is 1060. The standard InChI is InChI=1S/C18H19N5O3S3/c1-9(28-18-22-21-13(23(18)26)8-10-4-3-7-27-10)16(25)20-17-14(15(19)24)11-5-2-6-12(11)29-17/h3-4,7,9,26H,2,5-6,8H2,1H3,(H2,19,24)(H,20,25). The maximum Gasteiger partial charge on any atom is 0.251 e. The smallest absolute Gasteiger partial charge is 0.251 e. The van der Waals surface area contributed by atoms with Crippen LogP contribution in [0.5, 0.6) is 0 Å². The highest BCUT2D eigenvalue weighted by Gasteiger charge is 2.28. The zero-order chi connectivity index (χ0) is 20.5. The van der Waals surface area contributed by atoms with Crippen LogP contribution in [0.3, 0.4) is 0 Å². The minimum Gasteiger partial charge on any atom is -0.425 e. The third-order valence-electron chi connectivity index (χ3n) is 4.64. The van der Waals surface area contributed by atoms with Crippen molar-refractivity contribution >= 4 is 51.3 Å². The Balaban J connectivity index is 1.44. The molecule has 11 heteroatoms. The van der Waals surface area contributed by atoms with Crippen LogP contribution >= 0.6 is 34.4 Å². The van der Waals surface area contributed by atoms with Gasteiger partial charge in [-0.2, -0.15) is 0 Å². The molecule has 0 aliphatic heterocycles. The first kappa shape index (κ1) is 19.9.